The second-order valence-electron chi connectivity index (χ2n) is 4.21. The molecule has 0 aliphatic carbocycles. The van der Waals surface area contributed by atoms with Gasteiger partial charge in [0.2, 0.25) is 0 Å². The van der Waals surface area contributed by atoms with Crippen molar-refractivity contribution in [3.05, 3.63) is 25.1 Å². The van der Waals surface area contributed by atoms with E-state index in [4.69, 9.17) is 62.7 Å². The van der Waals surface area contributed by atoms with Gasteiger partial charge in [-0.05, 0) is 13.0 Å². The maximum absolute atomic E-state index is 6.04. The van der Waals surface area contributed by atoms with E-state index in [0.717, 1.165) is 13.0 Å². The van der Waals surface area contributed by atoms with Crippen LogP contribution in [0.2, 0.25) is 25.1 Å². The molecule has 0 atom stereocenters. The average Bonchev–Trinajstić information content (AvgIpc) is 2.37. The van der Waals surface area contributed by atoms with Crippen LogP contribution in [-0.2, 0) is 0 Å². The highest BCUT2D eigenvalue weighted by Crippen LogP contribution is 2.48. The Bertz CT molecular complexity index is 421. The molecule has 19 heavy (non-hydrogen) atoms. The molecule has 1 aromatic rings. The monoisotopic (exact) mass is 363 g/mol. The first-order valence-corrected chi connectivity index (χ1v) is 7.62. The summed E-state index contributed by atoms with van der Waals surface area (Å²) >= 11 is 29.8. The summed E-state index contributed by atoms with van der Waals surface area (Å²) in [6.45, 7) is 5.44. The molecule has 0 heterocycles. The largest absolute Gasteiger partial charge is 0.490 e. The second kappa shape index (κ2) is 8.02. The van der Waals surface area contributed by atoms with E-state index in [0.29, 0.717) is 12.6 Å². The fourth-order valence-corrected chi connectivity index (χ4v) is 2.58. The van der Waals surface area contributed by atoms with Crippen LogP contribution in [0.5, 0.6) is 5.75 Å². The molecule has 7 heteroatoms. The van der Waals surface area contributed by atoms with Gasteiger partial charge in [-0.1, -0.05) is 71.9 Å². The fraction of sp³-hybridized carbons (Fsp3) is 0.500. The molecular formula is C12H14Cl5NO. The summed E-state index contributed by atoms with van der Waals surface area (Å²) in [4.78, 5) is 0. The van der Waals surface area contributed by atoms with Crippen molar-refractivity contribution in [2.45, 2.75) is 26.3 Å². The lowest BCUT2D eigenvalue weighted by atomic mass is 10.3. The molecule has 0 saturated carbocycles. The zero-order valence-corrected chi connectivity index (χ0v) is 14.3. The van der Waals surface area contributed by atoms with E-state index in [1.54, 1.807) is 0 Å². The molecule has 0 bridgehead atoms. The third-order valence-corrected chi connectivity index (χ3v) is 4.53. The number of nitrogens with one attached hydrogen (secondary N) is 1. The van der Waals surface area contributed by atoms with Crippen molar-refractivity contribution in [2.75, 3.05) is 13.2 Å². The van der Waals surface area contributed by atoms with Gasteiger partial charge in [0.05, 0.1) is 21.7 Å². The molecule has 0 spiro atoms. The second-order valence-corrected chi connectivity index (χ2v) is 6.10. The van der Waals surface area contributed by atoms with Crippen LogP contribution in [0.1, 0.15) is 20.3 Å². The van der Waals surface area contributed by atoms with E-state index in [9.17, 15) is 0 Å². The lowest BCUT2D eigenvalue weighted by Gasteiger charge is -2.14. The van der Waals surface area contributed by atoms with Crippen molar-refractivity contribution in [2.24, 2.45) is 0 Å². The van der Waals surface area contributed by atoms with E-state index in [-0.39, 0.29) is 30.9 Å². The molecule has 1 rings (SSSR count). The molecule has 0 unspecified atom stereocenters. The van der Waals surface area contributed by atoms with Gasteiger partial charge in [0, 0.05) is 6.04 Å². The van der Waals surface area contributed by atoms with E-state index in [2.05, 4.69) is 19.2 Å². The lowest BCUT2D eigenvalue weighted by Crippen LogP contribution is -2.24. The van der Waals surface area contributed by atoms with Crippen LogP contribution in [0.15, 0.2) is 0 Å². The minimum Gasteiger partial charge on any atom is -0.490 e. The van der Waals surface area contributed by atoms with Gasteiger partial charge >= 0.3 is 0 Å². The Morgan fingerprint density at radius 1 is 0.895 bits per heavy atom. The van der Waals surface area contributed by atoms with E-state index in [1.807, 2.05) is 0 Å². The highest BCUT2D eigenvalue weighted by atomic mass is 35.5. The van der Waals surface area contributed by atoms with E-state index >= 15 is 0 Å². The Balaban J connectivity index is 2.69. The molecule has 1 aromatic carbocycles. The summed E-state index contributed by atoms with van der Waals surface area (Å²) < 4.78 is 5.53. The first-order valence-electron chi connectivity index (χ1n) is 5.73. The summed E-state index contributed by atoms with van der Waals surface area (Å²) in [5, 5.41) is 4.06. The van der Waals surface area contributed by atoms with Crippen LogP contribution < -0.4 is 10.1 Å². The van der Waals surface area contributed by atoms with E-state index < -0.39 is 0 Å². The zero-order valence-electron chi connectivity index (χ0n) is 10.5. The van der Waals surface area contributed by atoms with Crippen LogP contribution in [0, 0.1) is 0 Å². The number of halogens is 5. The van der Waals surface area contributed by atoms with Gasteiger partial charge in [-0.3, -0.25) is 0 Å². The van der Waals surface area contributed by atoms with Gasteiger partial charge in [0.25, 0.3) is 0 Å². The molecule has 2 nitrogen and oxygen atoms in total. The van der Waals surface area contributed by atoms with Crippen LogP contribution >= 0.6 is 58.0 Å². The molecule has 0 radical (unpaired) electrons. The molecule has 0 aliphatic heterocycles. The molecular weight excluding hydrogens is 351 g/mol. The van der Waals surface area contributed by atoms with Crippen molar-refractivity contribution in [1.29, 1.82) is 0 Å². The Hall–Kier alpha value is 0.430. The van der Waals surface area contributed by atoms with Crippen LogP contribution in [0.4, 0.5) is 0 Å². The number of ether oxygens (including phenoxy) is 1. The van der Waals surface area contributed by atoms with Gasteiger partial charge in [-0.2, -0.15) is 0 Å². The molecule has 0 aromatic heterocycles. The highest BCUT2D eigenvalue weighted by molar-refractivity contribution is 6.55. The van der Waals surface area contributed by atoms with Gasteiger partial charge < -0.3 is 10.1 Å². The molecule has 1 N–H and O–H groups in total. The average molecular weight is 366 g/mol. The molecule has 0 fully saturated rings. The number of hydrogen-bond donors (Lipinski definition) is 1. The van der Waals surface area contributed by atoms with Crippen molar-refractivity contribution in [1.82, 2.24) is 5.32 Å². The Labute approximate surface area is 138 Å². The summed E-state index contributed by atoms with van der Waals surface area (Å²) in [5.41, 5.74) is 0. The summed E-state index contributed by atoms with van der Waals surface area (Å²) in [6.07, 6.45) is 0.808. The molecule has 0 aliphatic rings. The smallest absolute Gasteiger partial charge is 0.159 e. The molecule has 0 amide bonds. The summed E-state index contributed by atoms with van der Waals surface area (Å²) in [5.74, 6) is 0.271. The highest BCUT2D eigenvalue weighted by Gasteiger charge is 2.20. The van der Waals surface area contributed by atoms with Crippen molar-refractivity contribution < 1.29 is 4.74 Å². The number of benzene rings is 1. The maximum Gasteiger partial charge on any atom is 0.159 e. The third kappa shape index (κ3) is 4.73. The maximum atomic E-state index is 6.04. The third-order valence-electron chi connectivity index (χ3n) is 2.29. The first kappa shape index (κ1) is 17.5. The quantitative estimate of drug-likeness (QED) is 0.395. The van der Waals surface area contributed by atoms with Gasteiger partial charge in [0.1, 0.15) is 10.0 Å². The van der Waals surface area contributed by atoms with Crippen molar-refractivity contribution in [3.63, 3.8) is 0 Å². The fourth-order valence-electron chi connectivity index (χ4n) is 1.35. The van der Waals surface area contributed by atoms with Crippen LogP contribution in [0.3, 0.4) is 0 Å². The van der Waals surface area contributed by atoms with E-state index in [1.165, 1.54) is 0 Å². The standard InChI is InChI=1S/C12H14Cl5NO/c1-6(2)18-4-3-5-19-12-10(16)8(14)7(13)9(15)11(12)17/h6,18H,3-5H2,1-2H3. The Morgan fingerprint density at radius 2 is 1.37 bits per heavy atom. The summed E-state index contributed by atoms with van der Waals surface area (Å²) in [6, 6.07) is 0.437. The minimum absolute atomic E-state index is 0.132. The lowest BCUT2D eigenvalue weighted by molar-refractivity contribution is 0.306. The van der Waals surface area contributed by atoms with Crippen molar-refractivity contribution in [3.8, 4) is 5.75 Å². The van der Waals surface area contributed by atoms with Crippen molar-refractivity contribution >= 4 is 58.0 Å². The number of rotatable bonds is 6. The predicted molar refractivity (Wildman–Crippen MR) is 84.7 cm³/mol. The van der Waals surface area contributed by atoms with Gasteiger partial charge in [0.15, 0.2) is 5.75 Å². The van der Waals surface area contributed by atoms with Gasteiger partial charge in [-0.15, -0.1) is 0 Å². The predicted octanol–water partition coefficient (Wildman–Crippen LogP) is 5.72. The SMILES string of the molecule is CC(C)NCCCOc1c(Cl)c(Cl)c(Cl)c(Cl)c1Cl. The first-order chi connectivity index (χ1) is 8.86. The topological polar surface area (TPSA) is 21.3 Å². The van der Waals surface area contributed by atoms with Crippen LogP contribution in [0.25, 0.3) is 0 Å². The molecule has 108 valence electrons. The minimum atomic E-state index is 0.132. The molecule has 0 saturated heterocycles. The zero-order chi connectivity index (χ0) is 14.6. The Morgan fingerprint density at radius 3 is 1.84 bits per heavy atom. The Kier molecular flexibility index (Phi) is 7.37. The normalized spacial score (nSPS) is 11.2. The number of hydrogen-bond acceptors (Lipinski definition) is 2. The van der Waals surface area contributed by atoms with Crippen LogP contribution in [-0.4, -0.2) is 19.2 Å². The van der Waals surface area contributed by atoms with Gasteiger partial charge in [-0.25, -0.2) is 0 Å². The summed E-state index contributed by atoms with van der Waals surface area (Å²) in [7, 11) is 0.